The van der Waals surface area contributed by atoms with Crippen LogP contribution in [0.3, 0.4) is 0 Å². The van der Waals surface area contributed by atoms with Gasteiger partial charge in [0.05, 0.1) is 10.3 Å². The molecule has 3 aromatic carbocycles. The highest BCUT2D eigenvalue weighted by Crippen LogP contribution is 2.47. The molecule has 13 nitrogen and oxygen atoms in total. The number of carbonyl (C=O) groups excluding carboxylic acids is 3. The molecule has 5 rings (SSSR count). The largest absolute Gasteiger partial charge is 0.744 e. The van der Waals surface area contributed by atoms with E-state index < -0.39 is 26.1 Å². The van der Waals surface area contributed by atoms with E-state index in [-0.39, 0.29) is 28.6 Å². The van der Waals surface area contributed by atoms with Gasteiger partial charge in [0.15, 0.2) is 12.0 Å². The third kappa shape index (κ3) is 11.2. The predicted molar refractivity (Wildman–Crippen MR) is 220 cm³/mol. The number of rotatable bonds is 18. The van der Waals surface area contributed by atoms with Gasteiger partial charge in [-0.25, -0.2) is 8.42 Å². The smallest absolute Gasteiger partial charge is 0.425 e. The molecule has 0 unspecified atom stereocenters. The number of fused-ring (bicyclic) bond motifs is 2. The number of unbranched alkanes of at least 4 members (excludes halogenated alkanes) is 2. The summed E-state index contributed by atoms with van der Waals surface area (Å²) in [4.78, 5) is 37.8. The van der Waals surface area contributed by atoms with Crippen LogP contribution < -0.4 is 15.0 Å². The van der Waals surface area contributed by atoms with Gasteiger partial charge in [0.1, 0.15) is 34.8 Å². The minimum Gasteiger partial charge on any atom is -0.744 e. The lowest BCUT2D eigenvalue weighted by molar-refractivity contribution is -0.438. The standard InChI is InChI=1S/C43H51N3O7S.O3S/c1-6-45-37-20-10-9-19-35(37)42(2,3)39(45)21-13-22-40-43(4,5)36-30-34(54(50,51)52)23-24-38(36)46(40)26-11-7-8-16-32(48)17-14-25-44-41(49)31-15-12-18-33(29-31)53-28-27-47;1-4(2)3/h9-10,12-13,15,18-24,27,29-30H,6-8,11,14,16-17,25-26,28H2,1-5H3,(H-,44,49,50,51,52);. The van der Waals surface area contributed by atoms with E-state index in [0.717, 1.165) is 42.8 Å². The van der Waals surface area contributed by atoms with Crippen molar-refractivity contribution in [2.75, 3.05) is 31.1 Å². The van der Waals surface area contributed by atoms with Crippen molar-refractivity contribution in [2.45, 2.75) is 88.9 Å². The van der Waals surface area contributed by atoms with Crippen molar-refractivity contribution in [3.8, 4) is 5.75 Å². The summed E-state index contributed by atoms with van der Waals surface area (Å²) in [5, 5.41) is 2.83. The first-order chi connectivity index (χ1) is 27.4. The molecule has 0 fully saturated rings. The second kappa shape index (κ2) is 19.9. The first-order valence-corrected chi connectivity index (χ1v) is 21.6. The Morgan fingerprint density at radius 1 is 0.897 bits per heavy atom. The Morgan fingerprint density at radius 3 is 2.29 bits per heavy atom. The van der Waals surface area contributed by atoms with Gasteiger partial charge in [-0.3, -0.25) is 14.4 Å². The molecule has 3 aromatic rings. The van der Waals surface area contributed by atoms with Crippen molar-refractivity contribution < 1.29 is 49.3 Å². The van der Waals surface area contributed by atoms with Crippen molar-refractivity contribution in [3.63, 3.8) is 0 Å². The fraction of sp³-hybridized carbons (Fsp3) is 0.395. The molecule has 0 aromatic heterocycles. The number of hydrogen-bond donors (Lipinski definition) is 1. The summed E-state index contributed by atoms with van der Waals surface area (Å²) in [7, 11) is -7.74. The summed E-state index contributed by atoms with van der Waals surface area (Å²) in [6.07, 6.45) is 10.7. The van der Waals surface area contributed by atoms with Crippen molar-refractivity contribution >= 4 is 55.8 Å². The Labute approximate surface area is 342 Å². The lowest BCUT2D eigenvalue weighted by atomic mass is 9.81. The van der Waals surface area contributed by atoms with Gasteiger partial charge < -0.3 is 19.5 Å². The van der Waals surface area contributed by atoms with Crippen molar-refractivity contribution in [1.82, 2.24) is 5.32 Å². The summed E-state index contributed by atoms with van der Waals surface area (Å²) in [5.41, 5.74) is 6.04. The van der Waals surface area contributed by atoms with Crippen LogP contribution in [-0.4, -0.2) is 80.1 Å². The molecular formula is C43H51N3O10S2. The minimum absolute atomic E-state index is 0.0846. The molecule has 0 aliphatic carbocycles. The summed E-state index contributed by atoms with van der Waals surface area (Å²) >= 11 is 0. The van der Waals surface area contributed by atoms with E-state index in [1.54, 1.807) is 30.3 Å². The van der Waals surface area contributed by atoms with E-state index >= 15 is 0 Å². The highest BCUT2D eigenvalue weighted by molar-refractivity contribution is 7.85. The van der Waals surface area contributed by atoms with Gasteiger partial charge >= 0.3 is 10.6 Å². The Bertz CT molecular complexity index is 2320. The molecule has 2 aliphatic rings. The Balaban J connectivity index is 0.00000178. The Hall–Kier alpha value is -5.25. The lowest BCUT2D eigenvalue weighted by Crippen LogP contribution is -2.28. The minimum atomic E-state index is -4.63. The molecule has 15 heteroatoms. The van der Waals surface area contributed by atoms with Gasteiger partial charge in [0.2, 0.25) is 5.69 Å². The molecule has 0 radical (unpaired) electrons. The molecule has 1 N–H and O–H groups in total. The van der Waals surface area contributed by atoms with E-state index in [1.807, 2.05) is 0 Å². The zero-order valence-electron chi connectivity index (χ0n) is 33.5. The molecule has 0 atom stereocenters. The molecule has 58 heavy (non-hydrogen) atoms. The highest BCUT2D eigenvalue weighted by Gasteiger charge is 2.45. The lowest BCUT2D eigenvalue weighted by Gasteiger charge is -2.25. The maximum Gasteiger partial charge on any atom is 0.425 e. The SMILES string of the molecule is CCN1/C(=C\C=C\C2=[N+](CCCCCC(=O)CCCNC(=O)c3cccc(OCC=O)c3)c3ccc(S(=O)(=O)[O-])cc3C2(C)C)C(C)(C)c2ccccc21.O=S(=O)=O. The molecule has 0 saturated heterocycles. The first kappa shape index (κ1) is 45.5. The number of amides is 1. The Kier molecular flexibility index (Phi) is 15.6. The van der Waals surface area contributed by atoms with E-state index in [0.29, 0.717) is 50.0 Å². The first-order valence-electron chi connectivity index (χ1n) is 19.2. The summed E-state index contributed by atoms with van der Waals surface area (Å²) in [6.45, 7) is 12.5. The van der Waals surface area contributed by atoms with Gasteiger partial charge in [-0.1, -0.05) is 44.2 Å². The number of likely N-dealkylation sites (N-methyl/N-ethyl adjacent to an activating group) is 1. The van der Waals surface area contributed by atoms with Gasteiger partial charge in [0.25, 0.3) is 5.91 Å². The van der Waals surface area contributed by atoms with Gasteiger partial charge in [-0.15, -0.1) is 12.6 Å². The molecule has 0 spiro atoms. The molecule has 0 bridgehead atoms. The second-order valence-electron chi connectivity index (χ2n) is 15.0. The number of allylic oxidation sites excluding steroid dienone is 4. The van der Waals surface area contributed by atoms with Crippen LogP contribution in [0.15, 0.2) is 95.6 Å². The monoisotopic (exact) mass is 833 g/mol. The molecule has 2 aliphatic heterocycles. The zero-order valence-corrected chi connectivity index (χ0v) is 35.2. The fourth-order valence-corrected chi connectivity index (χ4v) is 8.10. The average molecular weight is 834 g/mol. The van der Waals surface area contributed by atoms with Crippen molar-refractivity contribution in [2.24, 2.45) is 0 Å². The number of benzene rings is 3. The number of Topliss-reactive ketones (excluding diaryl/α,β-unsaturated/α-hetero) is 1. The Morgan fingerprint density at radius 2 is 1.60 bits per heavy atom. The van der Waals surface area contributed by atoms with Crippen LogP contribution in [0.5, 0.6) is 5.75 Å². The number of ketones is 1. The summed E-state index contributed by atoms with van der Waals surface area (Å²) in [5.74, 6) is 0.317. The number of hydrogen-bond acceptors (Lipinski definition) is 11. The number of para-hydroxylation sites is 1. The van der Waals surface area contributed by atoms with E-state index in [2.05, 4.69) is 91.9 Å². The third-order valence-corrected chi connectivity index (χ3v) is 11.3. The van der Waals surface area contributed by atoms with Crippen LogP contribution >= 0.6 is 0 Å². The molecule has 1 amide bonds. The quantitative estimate of drug-likeness (QED) is 0.0672. The van der Waals surface area contributed by atoms with Gasteiger partial charge in [-0.2, -0.15) is 4.58 Å². The van der Waals surface area contributed by atoms with E-state index in [1.165, 1.54) is 29.1 Å². The normalized spacial score (nSPS) is 15.8. The van der Waals surface area contributed by atoms with Crippen LogP contribution in [0.2, 0.25) is 0 Å². The third-order valence-electron chi connectivity index (χ3n) is 10.4. The van der Waals surface area contributed by atoms with Crippen LogP contribution in [0.1, 0.15) is 94.6 Å². The average Bonchev–Trinajstić information content (AvgIpc) is 3.52. The molecule has 0 saturated carbocycles. The molecular weight excluding hydrogens is 783 g/mol. The number of anilines is 1. The van der Waals surface area contributed by atoms with Crippen LogP contribution in [0.25, 0.3) is 0 Å². The molecule has 2 heterocycles. The van der Waals surface area contributed by atoms with Gasteiger partial charge in [-0.05, 0) is 88.1 Å². The van der Waals surface area contributed by atoms with Gasteiger partial charge in [0, 0.05) is 72.4 Å². The molecule has 310 valence electrons. The zero-order chi connectivity index (χ0) is 42.7. The number of aldehydes is 1. The van der Waals surface area contributed by atoms with E-state index in [4.69, 9.17) is 17.4 Å². The van der Waals surface area contributed by atoms with Crippen LogP contribution in [0, 0.1) is 0 Å². The topological polar surface area (TPSA) is 187 Å². The van der Waals surface area contributed by atoms with E-state index in [9.17, 15) is 27.4 Å². The number of ether oxygens (including phenoxy) is 1. The van der Waals surface area contributed by atoms with Crippen molar-refractivity contribution in [3.05, 3.63) is 107 Å². The van der Waals surface area contributed by atoms with Crippen LogP contribution in [-0.2, 0) is 41.1 Å². The summed E-state index contributed by atoms with van der Waals surface area (Å²) < 4.78 is 68.8. The number of nitrogens with zero attached hydrogens (tertiary/aromatic N) is 2. The second-order valence-corrected chi connectivity index (χ2v) is 16.8. The maximum atomic E-state index is 12.7. The fourth-order valence-electron chi connectivity index (χ4n) is 7.60. The van der Waals surface area contributed by atoms with Crippen molar-refractivity contribution in [1.29, 1.82) is 0 Å². The van der Waals surface area contributed by atoms with Crippen LogP contribution in [0.4, 0.5) is 11.4 Å². The maximum absolute atomic E-state index is 12.7. The number of nitrogens with one attached hydrogen (secondary N) is 1. The highest BCUT2D eigenvalue weighted by atomic mass is 32.2. The number of carbonyl (C=O) groups is 3. The summed E-state index contributed by atoms with van der Waals surface area (Å²) in [6, 6.07) is 19.7. The predicted octanol–water partition coefficient (Wildman–Crippen LogP) is 6.14.